The van der Waals surface area contributed by atoms with Crippen molar-refractivity contribution in [2.24, 2.45) is 10.0 Å². The van der Waals surface area contributed by atoms with Gasteiger partial charge in [-0.2, -0.15) is 0 Å². The van der Waals surface area contributed by atoms with E-state index in [1.54, 1.807) is 0 Å². The number of hydrogen-bond acceptors (Lipinski definition) is 2. The summed E-state index contributed by atoms with van der Waals surface area (Å²) in [5, 5.41) is 7.77. The van der Waals surface area contributed by atoms with Gasteiger partial charge in [-0.3, -0.25) is 0 Å². The molecule has 0 saturated carbocycles. The Morgan fingerprint density at radius 1 is 0.697 bits per heavy atom. The first-order chi connectivity index (χ1) is 16.0. The SMILES string of the molecule is CCCNP(=NP(N)(Cl)(c1ccccc1)c1ccccc1)(c1ccccc1)c1ccccc1. The third kappa shape index (κ3) is 4.71. The van der Waals surface area contributed by atoms with Crippen molar-refractivity contribution in [1.82, 2.24) is 5.09 Å². The van der Waals surface area contributed by atoms with Gasteiger partial charge < -0.3 is 0 Å². The summed E-state index contributed by atoms with van der Waals surface area (Å²) in [6.07, 6.45) is -3.01. The molecule has 170 valence electrons. The van der Waals surface area contributed by atoms with Crippen molar-refractivity contribution in [3.8, 4) is 0 Å². The summed E-state index contributed by atoms with van der Waals surface area (Å²) >= 11 is 7.74. The van der Waals surface area contributed by atoms with Crippen LogP contribution in [0.15, 0.2) is 126 Å². The van der Waals surface area contributed by atoms with Crippen LogP contribution in [0, 0.1) is 0 Å². The quantitative estimate of drug-likeness (QED) is 0.300. The van der Waals surface area contributed by atoms with Crippen molar-refractivity contribution in [2.45, 2.75) is 13.3 Å². The van der Waals surface area contributed by atoms with Gasteiger partial charge in [0.05, 0.1) is 0 Å². The number of nitrogens with two attached hydrogens (primary N) is 1. The molecule has 0 aliphatic rings. The van der Waals surface area contributed by atoms with Gasteiger partial charge in [0.1, 0.15) is 0 Å². The number of nitrogens with one attached hydrogen (secondary N) is 1. The number of nitrogens with zero attached hydrogens (tertiary/aromatic N) is 1. The predicted molar refractivity (Wildman–Crippen MR) is 149 cm³/mol. The second-order valence-corrected chi connectivity index (χ2v) is 16.5. The van der Waals surface area contributed by atoms with E-state index < -0.39 is 13.5 Å². The van der Waals surface area contributed by atoms with Crippen molar-refractivity contribution in [1.29, 1.82) is 0 Å². The Hall–Kier alpha value is -2.25. The van der Waals surface area contributed by atoms with Crippen LogP contribution in [0.1, 0.15) is 13.3 Å². The molecule has 0 aliphatic carbocycles. The normalized spacial score (nSPS) is 13.1. The minimum absolute atomic E-state index is 0.800. The molecular weight excluding hydrogens is 464 g/mol. The van der Waals surface area contributed by atoms with Crippen LogP contribution < -0.4 is 31.8 Å². The Morgan fingerprint density at radius 3 is 1.42 bits per heavy atom. The molecule has 0 atom stereocenters. The molecule has 0 unspecified atom stereocenters. The van der Waals surface area contributed by atoms with Gasteiger partial charge in [-0.15, -0.1) is 0 Å². The van der Waals surface area contributed by atoms with Gasteiger partial charge in [-0.1, -0.05) is 0 Å². The zero-order valence-corrected chi connectivity index (χ0v) is 21.3. The van der Waals surface area contributed by atoms with Crippen LogP contribution in [-0.4, -0.2) is 6.54 Å². The Labute approximate surface area is 202 Å². The second-order valence-electron chi connectivity index (χ2n) is 8.00. The fourth-order valence-electron chi connectivity index (χ4n) is 3.97. The third-order valence-electron chi connectivity index (χ3n) is 5.65. The summed E-state index contributed by atoms with van der Waals surface area (Å²) < 4.78 is 5.66. The predicted octanol–water partition coefficient (Wildman–Crippen LogP) is 5.90. The standard InChI is InChI=1S/C27H30ClN3P2/c1-2-23-30-32(24-15-7-3-8-16-24,25-17-9-4-10-18-25)31-33(28,29,26-19-11-5-12-20-26)27-21-13-6-14-22-27/h3-22,30H,2,23,29H2,1H3. The molecule has 0 fully saturated rings. The summed E-state index contributed by atoms with van der Waals surface area (Å²) in [6, 6.07) is 40.7. The molecule has 4 aromatic rings. The zero-order chi connectivity index (χ0) is 23.2. The monoisotopic (exact) mass is 493 g/mol. The number of benzene rings is 4. The average molecular weight is 494 g/mol. The van der Waals surface area contributed by atoms with Gasteiger partial charge in [-0.05, 0) is 0 Å². The average Bonchev–Trinajstić information content (AvgIpc) is 2.89. The molecule has 0 bridgehead atoms. The van der Waals surface area contributed by atoms with Gasteiger partial charge in [0.15, 0.2) is 0 Å². The van der Waals surface area contributed by atoms with Crippen LogP contribution in [-0.2, 0) is 0 Å². The molecular formula is C27H30ClN3P2. The van der Waals surface area contributed by atoms with E-state index >= 15 is 0 Å². The summed E-state index contributed by atoms with van der Waals surface area (Å²) in [5.41, 5.74) is 7.43. The van der Waals surface area contributed by atoms with E-state index in [0.29, 0.717) is 0 Å². The van der Waals surface area contributed by atoms with Crippen molar-refractivity contribution in [3.63, 3.8) is 0 Å². The molecule has 0 heterocycles. The van der Waals surface area contributed by atoms with Crippen molar-refractivity contribution in [3.05, 3.63) is 121 Å². The molecule has 3 N–H and O–H groups in total. The van der Waals surface area contributed by atoms with Crippen LogP contribution >= 0.6 is 24.7 Å². The molecule has 0 saturated heterocycles. The fourth-order valence-corrected chi connectivity index (χ4v) is 13.8. The van der Waals surface area contributed by atoms with Crippen LogP contribution in [0.4, 0.5) is 0 Å². The molecule has 4 rings (SSSR count). The number of rotatable bonds is 8. The Bertz CT molecular complexity index is 1140. The van der Waals surface area contributed by atoms with Gasteiger partial charge in [-0.25, -0.2) is 0 Å². The molecule has 33 heavy (non-hydrogen) atoms. The van der Waals surface area contributed by atoms with Crippen LogP contribution in [0.5, 0.6) is 0 Å². The maximum atomic E-state index is 7.74. The van der Waals surface area contributed by atoms with E-state index in [-0.39, 0.29) is 0 Å². The molecule has 0 radical (unpaired) electrons. The van der Waals surface area contributed by atoms with Gasteiger partial charge >= 0.3 is 202 Å². The van der Waals surface area contributed by atoms with E-state index in [4.69, 9.17) is 21.3 Å². The zero-order valence-electron chi connectivity index (χ0n) is 18.8. The van der Waals surface area contributed by atoms with Gasteiger partial charge in [0.25, 0.3) is 0 Å². The summed E-state index contributed by atoms with van der Waals surface area (Å²) in [5.74, 6) is 0. The molecule has 0 spiro atoms. The first-order valence-corrected chi connectivity index (χ1v) is 16.1. The van der Waals surface area contributed by atoms with Crippen LogP contribution in [0.3, 0.4) is 0 Å². The second kappa shape index (κ2) is 9.94. The first-order valence-electron chi connectivity index (χ1n) is 11.1. The molecule has 0 amide bonds. The Balaban J connectivity index is 2.16. The molecule has 0 aliphatic heterocycles. The van der Waals surface area contributed by atoms with E-state index in [9.17, 15) is 0 Å². The first kappa shape index (κ1) is 23.9. The molecule has 0 aromatic heterocycles. The summed E-state index contributed by atoms with van der Waals surface area (Å²) in [4.78, 5) is 0. The minimum atomic E-state index is -3.98. The topological polar surface area (TPSA) is 50.4 Å². The summed E-state index contributed by atoms with van der Waals surface area (Å²) in [7, 11) is -2.56. The van der Waals surface area contributed by atoms with E-state index in [1.807, 2.05) is 72.8 Å². The van der Waals surface area contributed by atoms with E-state index in [0.717, 1.165) is 34.2 Å². The van der Waals surface area contributed by atoms with Gasteiger partial charge in [0.2, 0.25) is 0 Å². The molecule has 3 nitrogen and oxygen atoms in total. The van der Waals surface area contributed by atoms with Crippen molar-refractivity contribution >= 4 is 45.9 Å². The fraction of sp³-hybridized carbons (Fsp3) is 0.111. The summed E-state index contributed by atoms with van der Waals surface area (Å²) in [6.45, 7) is 2.96. The third-order valence-corrected chi connectivity index (χ3v) is 15.2. The Kier molecular flexibility index (Phi) is 7.19. The number of hydrogen-bond donors (Lipinski definition) is 2. The maximum absolute atomic E-state index is 7.74. The molecule has 4 aromatic carbocycles. The van der Waals surface area contributed by atoms with Gasteiger partial charge in [0, 0.05) is 0 Å². The number of halogens is 1. The van der Waals surface area contributed by atoms with E-state index in [2.05, 4.69) is 60.5 Å². The van der Waals surface area contributed by atoms with E-state index in [1.165, 1.54) is 0 Å². The van der Waals surface area contributed by atoms with Crippen LogP contribution in [0.2, 0.25) is 0 Å². The molecule has 6 heteroatoms. The van der Waals surface area contributed by atoms with Crippen molar-refractivity contribution < 1.29 is 0 Å². The van der Waals surface area contributed by atoms with Crippen LogP contribution in [0.25, 0.3) is 0 Å². The van der Waals surface area contributed by atoms with Crippen molar-refractivity contribution in [2.75, 3.05) is 6.54 Å². The Morgan fingerprint density at radius 2 is 1.06 bits per heavy atom.